The van der Waals surface area contributed by atoms with Crippen molar-refractivity contribution in [3.8, 4) is 0 Å². The number of carbonyl (C=O) groups excluding carboxylic acids is 1. The maximum absolute atomic E-state index is 12.1. The summed E-state index contributed by atoms with van der Waals surface area (Å²) in [7, 11) is 0. The van der Waals surface area contributed by atoms with Gasteiger partial charge in [-0.2, -0.15) is 0 Å². The third kappa shape index (κ3) is 1.06. The Balaban J connectivity index is 2.52. The van der Waals surface area contributed by atoms with E-state index in [1.165, 1.54) is 0 Å². The monoisotopic (exact) mass is 208 g/mol. The summed E-state index contributed by atoms with van der Waals surface area (Å²) in [5.41, 5.74) is 0.0888. The van der Waals surface area contributed by atoms with E-state index in [0.717, 1.165) is 18.9 Å². The third-order valence-corrected chi connectivity index (χ3v) is 4.64. The molecule has 2 atom stereocenters. The second kappa shape index (κ2) is 2.71. The van der Waals surface area contributed by atoms with E-state index in [0.29, 0.717) is 5.57 Å². The second-order valence-electron chi connectivity index (χ2n) is 5.41. The van der Waals surface area contributed by atoms with Crippen LogP contribution in [0, 0.1) is 16.7 Å². The molecular weight excluding hydrogens is 192 g/mol. The molecule has 2 rings (SSSR count). The first-order valence-electron chi connectivity index (χ1n) is 5.30. The summed E-state index contributed by atoms with van der Waals surface area (Å²) in [4.78, 5) is 22.8. The zero-order valence-electron chi connectivity index (χ0n) is 9.33. The molecule has 2 aliphatic rings. The van der Waals surface area contributed by atoms with Gasteiger partial charge < -0.3 is 5.11 Å². The van der Waals surface area contributed by atoms with Crippen molar-refractivity contribution in [3.63, 3.8) is 0 Å². The van der Waals surface area contributed by atoms with Gasteiger partial charge in [0, 0.05) is 17.1 Å². The summed E-state index contributed by atoms with van der Waals surface area (Å²) in [6, 6.07) is 0. The predicted molar refractivity (Wildman–Crippen MR) is 55.3 cm³/mol. The van der Waals surface area contributed by atoms with Gasteiger partial charge in [-0.15, -0.1) is 0 Å². The van der Waals surface area contributed by atoms with Crippen LogP contribution < -0.4 is 0 Å². The zero-order valence-corrected chi connectivity index (χ0v) is 9.33. The van der Waals surface area contributed by atoms with Crippen LogP contribution in [0.15, 0.2) is 11.6 Å². The smallest absolute Gasteiger partial charge is 0.328 e. The number of carbonyl (C=O) groups is 2. The summed E-state index contributed by atoms with van der Waals surface area (Å²) in [5.74, 6) is -0.831. The topological polar surface area (TPSA) is 54.4 Å². The Morgan fingerprint density at radius 3 is 2.47 bits per heavy atom. The Kier molecular flexibility index (Phi) is 1.88. The molecule has 0 radical (unpaired) electrons. The first kappa shape index (κ1) is 10.4. The van der Waals surface area contributed by atoms with Crippen LogP contribution in [0.5, 0.6) is 0 Å². The maximum atomic E-state index is 12.1. The van der Waals surface area contributed by atoms with Gasteiger partial charge in [-0.25, -0.2) is 4.79 Å². The minimum atomic E-state index is -1.01. The number of carboxylic acids is 1. The molecule has 2 bridgehead atoms. The van der Waals surface area contributed by atoms with Crippen LogP contribution in [0.4, 0.5) is 0 Å². The van der Waals surface area contributed by atoms with Crippen molar-refractivity contribution in [2.75, 3.05) is 0 Å². The minimum Gasteiger partial charge on any atom is -0.478 e. The fourth-order valence-corrected chi connectivity index (χ4v) is 3.23. The molecule has 82 valence electrons. The Morgan fingerprint density at radius 2 is 2.07 bits per heavy atom. The maximum Gasteiger partial charge on any atom is 0.328 e. The van der Waals surface area contributed by atoms with Gasteiger partial charge in [-0.05, 0) is 24.2 Å². The molecule has 0 heterocycles. The molecule has 1 N–H and O–H groups in total. The lowest BCUT2D eigenvalue weighted by Crippen LogP contribution is -2.32. The Morgan fingerprint density at radius 1 is 1.47 bits per heavy atom. The van der Waals surface area contributed by atoms with Gasteiger partial charge in [0.2, 0.25) is 0 Å². The lowest BCUT2D eigenvalue weighted by atomic mass is 9.70. The number of fused-ring (bicyclic) bond motifs is 2. The fourth-order valence-electron chi connectivity index (χ4n) is 3.23. The van der Waals surface area contributed by atoms with E-state index in [-0.39, 0.29) is 22.5 Å². The molecule has 0 aliphatic heterocycles. The highest BCUT2D eigenvalue weighted by molar-refractivity contribution is 6.07. The van der Waals surface area contributed by atoms with Crippen LogP contribution in [-0.4, -0.2) is 16.9 Å². The lowest BCUT2D eigenvalue weighted by molar-refractivity contribution is -0.132. The van der Waals surface area contributed by atoms with Gasteiger partial charge in [0.15, 0.2) is 5.78 Å². The molecule has 0 saturated heterocycles. The van der Waals surface area contributed by atoms with Crippen LogP contribution in [0.2, 0.25) is 0 Å². The highest BCUT2D eigenvalue weighted by atomic mass is 16.4. The number of rotatable bonds is 1. The quantitative estimate of drug-likeness (QED) is 0.671. The van der Waals surface area contributed by atoms with Crippen LogP contribution in [-0.2, 0) is 9.59 Å². The summed E-state index contributed by atoms with van der Waals surface area (Å²) in [6.07, 6.45) is 2.94. The van der Waals surface area contributed by atoms with Gasteiger partial charge in [0.25, 0.3) is 0 Å². The highest BCUT2D eigenvalue weighted by Crippen LogP contribution is 2.65. The molecule has 0 aromatic carbocycles. The Labute approximate surface area is 89.2 Å². The van der Waals surface area contributed by atoms with Crippen molar-refractivity contribution in [1.29, 1.82) is 0 Å². The van der Waals surface area contributed by atoms with E-state index in [1.807, 2.05) is 6.92 Å². The molecule has 2 unspecified atom stereocenters. The van der Waals surface area contributed by atoms with Gasteiger partial charge in [0.1, 0.15) is 0 Å². The molecule has 3 heteroatoms. The Hall–Kier alpha value is -1.12. The standard InChI is InChI=1S/C12H16O3/c1-11(2)8-4-5-12(11,3)10(15)7(8)6-9(13)14/h6,8H,4-5H2,1-3H3,(H,13,14)/b7-6+. The molecule has 0 aromatic rings. The number of hydrogen-bond donors (Lipinski definition) is 1. The van der Waals surface area contributed by atoms with Gasteiger partial charge >= 0.3 is 5.97 Å². The molecule has 2 saturated carbocycles. The van der Waals surface area contributed by atoms with Crippen molar-refractivity contribution in [2.45, 2.75) is 33.6 Å². The van der Waals surface area contributed by atoms with E-state index in [1.54, 1.807) is 0 Å². The summed E-state index contributed by atoms with van der Waals surface area (Å²) in [6.45, 7) is 6.12. The lowest BCUT2D eigenvalue weighted by Gasteiger charge is -2.31. The van der Waals surface area contributed by atoms with Gasteiger partial charge in [-0.3, -0.25) is 4.79 Å². The summed E-state index contributed by atoms with van der Waals surface area (Å²) in [5, 5.41) is 8.75. The first-order valence-corrected chi connectivity index (χ1v) is 5.30. The molecule has 2 fully saturated rings. The van der Waals surface area contributed by atoms with E-state index in [2.05, 4.69) is 13.8 Å². The number of aliphatic carboxylic acids is 1. The van der Waals surface area contributed by atoms with Crippen LogP contribution >= 0.6 is 0 Å². The van der Waals surface area contributed by atoms with E-state index in [4.69, 9.17) is 5.11 Å². The second-order valence-corrected chi connectivity index (χ2v) is 5.41. The fraction of sp³-hybridized carbons (Fsp3) is 0.667. The highest BCUT2D eigenvalue weighted by Gasteiger charge is 2.64. The van der Waals surface area contributed by atoms with Gasteiger partial charge in [0.05, 0.1) is 0 Å². The first-order chi connectivity index (χ1) is 6.80. The normalized spacial score (nSPS) is 40.1. The molecule has 3 nitrogen and oxygen atoms in total. The third-order valence-electron chi connectivity index (χ3n) is 4.64. The largest absolute Gasteiger partial charge is 0.478 e. The molecule has 0 aromatic heterocycles. The van der Waals surface area contributed by atoms with Gasteiger partial charge in [-0.1, -0.05) is 20.8 Å². The predicted octanol–water partition coefficient (Wildman–Crippen LogP) is 2.02. The molecule has 2 aliphatic carbocycles. The summed E-state index contributed by atoms with van der Waals surface area (Å²) < 4.78 is 0. The van der Waals surface area contributed by atoms with E-state index < -0.39 is 5.97 Å². The van der Waals surface area contributed by atoms with Crippen molar-refractivity contribution in [2.24, 2.45) is 16.7 Å². The van der Waals surface area contributed by atoms with Crippen molar-refractivity contribution < 1.29 is 14.7 Å². The van der Waals surface area contributed by atoms with Crippen molar-refractivity contribution >= 4 is 11.8 Å². The minimum absolute atomic E-state index is 0.0474. The van der Waals surface area contributed by atoms with Crippen LogP contribution in [0.25, 0.3) is 0 Å². The summed E-state index contributed by atoms with van der Waals surface area (Å²) >= 11 is 0. The number of Topliss-reactive ketones (excluding diaryl/α,β-unsaturated/α-hetero) is 1. The van der Waals surface area contributed by atoms with E-state index >= 15 is 0 Å². The molecule has 15 heavy (non-hydrogen) atoms. The Bertz CT molecular complexity index is 378. The molecule has 0 spiro atoms. The SMILES string of the molecule is CC12CCC(/C(=C\C(=O)O)C1=O)C2(C)C. The molecule has 0 amide bonds. The zero-order chi connectivity index (χ0) is 11.4. The van der Waals surface area contributed by atoms with Crippen LogP contribution in [0.1, 0.15) is 33.6 Å². The number of allylic oxidation sites excluding steroid dienone is 1. The van der Waals surface area contributed by atoms with Crippen molar-refractivity contribution in [3.05, 3.63) is 11.6 Å². The average Bonchev–Trinajstić information content (AvgIpc) is 2.40. The number of hydrogen-bond acceptors (Lipinski definition) is 2. The number of ketones is 1. The number of carboxylic acid groups (broad SMARTS) is 1. The van der Waals surface area contributed by atoms with E-state index in [9.17, 15) is 9.59 Å². The van der Waals surface area contributed by atoms with Crippen LogP contribution in [0.3, 0.4) is 0 Å². The average molecular weight is 208 g/mol. The molecular formula is C12H16O3. The van der Waals surface area contributed by atoms with Crippen molar-refractivity contribution in [1.82, 2.24) is 0 Å².